The molecule has 0 fully saturated rings. The number of benzene rings is 2. The SMILES string of the molecule is COCCC[C@@H](C(=O)c1ccccc1)c1ccccc1. The molecule has 104 valence electrons. The Morgan fingerprint density at radius 2 is 1.60 bits per heavy atom. The second-order valence-corrected chi connectivity index (χ2v) is 4.83. The number of methoxy groups -OCH3 is 1. The topological polar surface area (TPSA) is 26.3 Å². The molecule has 0 N–H and O–H groups in total. The molecular weight excluding hydrogens is 248 g/mol. The highest BCUT2D eigenvalue weighted by Crippen LogP contribution is 2.25. The van der Waals surface area contributed by atoms with Gasteiger partial charge in [-0.15, -0.1) is 0 Å². The molecule has 0 amide bonds. The van der Waals surface area contributed by atoms with Crippen LogP contribution in [0, 0.1) is 0 Å². The van der Waals surface area contributed by atoms with Crippen molar-refractivity contribution in [2.75, 3.05) is 13.7 Å². The normalized spacial score (nSPS) is 12.1. The number of rotatable bonds is 7. The predicted octanol–water partition coefficient (Wildman–Crippen LogP) is 4.08. The molecule has 0 aliphatic carbocycles. The van der Waals surface area contributed by atoms with Crippen molar-refractivity contribution in [1.82, 2.24) is 0 Å². The number of ether oxygens (including phenoxy) is 1. The lowest BCUT2D eigenvalue weighted by Gasteiger charge is -2.16. The van der Waals surface area contributed by atoms with Gasteiger partial charge in [0.2, 0.25) is 0 Å². The minimum Gasteiger partial charge on any atom is -0.385 e. The van der Waals surface area contributed by atoms with Gasteiger partial charge in [-0.1, -0.05) is 60.7 Å². The second kappa shape index (κ2) is 7.61. The van der Waals surface area contributed by atoms with Crippen molar-refractivity contribution in [2.24, 2.45) is 0 Å². The maximum absolute atomic E-state index is 12.7. The first kappa shape index (κ1) is 14.5. The molecule has 2 rings (SSSR count). The summed E-state index contributed by atoms with van der Waals surface area (Å²) >= 11 is 0. The highest BCUT2D eigenvalue weighted by molar-refractivity contribution is 6.00. The van der Waals surface area contributed by atoms with Gasteiger partial charge in [-0.25, -0.2) is 0 Å². The summed E-state index contributed by atoms with van der Waals surface area (Å²) in [6, 6.07) is 19.5. The fraction of sp³-hybridized carbons (Fsp3) is 0.278. The van der Waals surface area contributed by atoms with Gasteiger partial charge in [0.15, 0.2) is 5.78 Å². The van der Waals surface area contributed by atoms with E-state index in [0.717, 1.165) is 24.0 Å². The Labute approximate surface area is 120 Å². The van der Waals surface area contributed by atoms with E-state index in [1.807, 2.05) is 60.7 Å². The summed E-state index contributed by atoms with van der Waals surface area (Å²) in [5.41, 5.74) is 1.86. The third kappa shape index (κ3) is 3.78. The largest absolute Gasteiger partial charge is 0.385 e. The molecule has 0 radical (unpaired) electrons. The Hall–Kier alpha value is -1.93. The number of hydrogen-bond donors (Lipinski definition) is 0. The molecule has 0 aliphatic rings. The van der Waals surface area contributed by atoms with Crippen molar-refractivity contribution in [1.29, 1.82) is 0 Å². The monoisotopic (exact) mass is 268 g/mol. The van der Waals surface area contributed by atoms with Gasteiger partial charge in [-0.2, -0.15) is 0 Å². The summed E-state index contributed by atoms with van der Waals surface area (Å²) in [7, 11) is 1.69. The molecular formula is C18H20O2. The summed E-state index contributed by atoms with van der Waals surface area (Å²) in [5.74, 6) is 0.0988. The molecule has 0 aliphatic heterocycles. The number of hydrogen-bond acceptors (Lipinski definition) is 2. The van der Waals surface area contributed by atoms with Crippen LogP contribution in [0.2, 0.25) is 0 Å². The zero-order valence-electron chi connectivity index (χ0n) is 11.8. The van der Waals surface area contributed by atoms with Crippen LogP contribution in [0.5, 0.6) is 0 Å². The van der Waals surface area contributed by atoms with Crippen molar-refractivity contribution < 1.29 is 9.53 Å². The Balaban J connectivity index is 2.20. The summed E-state index contributed by atoms with van der Waals surface area (Å²) in [6.07, 6.45) is 1.69. The first-order chi connectivity index (χ1) is 9.83. The van der Waals surface area contributed by atoms with Gasteiger partial charge in [0.1, 0.15) is 0 Å². The Bertz CT molecular complexity index is 520. The van der Waals surface area contributed by atoms with E-state index in [1.165, 1.54) is 0 Å². The van der Waals surface area contributed by atoms with Gasteiger partial charge >= 0.3 is 0 Å². The molecule has 0 spiro atoms. The highest BCUT2D eigenvalue weighted by Gasteiger charge is 2.21. The molecule has 0 unspecified atom stereocenters. The molecule has 0 bridgehead atoms. The van der Waals surface area contributed by atoms with Crippen LogP contribution in [0.1, 0.15) is 34.7 Å². The van der Waals surface area contributed by atoms with Crippen molar-refractivity contribution in [2.45, 2.75) is 18.8 Å². The van der Waals surface area contributed by atoms with Crippen molar-refractivity contribution >= 4 is 5.78 Å². The van der Waals surface area contributed by atoms with Gasteiger partial charge in [0, 0.05) is 25.2 Å². The Kier molecular flexibility index (Phi) is 5.51. The minimum atomic E-state index is -0.0891. The van der Waals surface area contributed by atoms with E-state index in [1.54, 1.807) is 7.11 Å². The number of Topliss-reactive ketones (excluding diaryl/α,β-unsaturated/α-hetero) is 1. The average Bonchev–Trinajstić information content (AvgIpc) is 2.53. The molecule has 0 heterocycles. The van der Waals surface area contributed by atoms with Crippen LogP contribution in [-0.2, 0) is 4.74 Å². The zero-order chi connectivity index (χ0) is 14.2. The molecule has 2 aromatic carbocycles. The van der Waals surface area contributed by atoms with Gasteiger partial charge in [0.05, 0.1) is 0 Å². The lowest BCUT2D eigenvalue weighted by Crippen LogP contribution is -2.13. The first-order valence-electron chi connectivity index (χ1n) is 6.96. The molecule has 0 saturated carbocycles. The highest BCUT2D eigenvalue weighted by atomic mass is 16.5. The Morgan fingerprint density at radius 3 is 2.20 bits per heavy atom. The van der Waals surface area contributed by atoms with E-state index in [9.17, 15) is 4.79 Å². The zero-order valence-corrected chi connectivity index (χ0v) is 11.8. The molecule has 2 heteroatoms. The van der Waals surface area contributed by atoms with E-state index in [4.69, 9.17) is 4.74 Å². The predicted molar refractivity (Wildman–Crippen MR) is 81.1 cm³/mol. The third-order valence-corrected chi connectivity index (χ3v) is 3.42. The lowest BCUT2D eigenvalue weighted by molar-refractivity contribution is 0.0948. The summed E-state index contributed by atoms with van der Waals surface area (Å²) in [6.45, 7) is 0.686. The third-order valence-electron chi connectivity index (χ3n) is 3.42. The average molecular weight is 268 g/mol. The van der Waals surface area contributed by atoms with Gasteiger partial charge in [0.25, 0.3) is 0 Å². The van der Waals surface area contributed by atoms with Crippen molar-refractivity contribution in [3.63, 3.8) is 0 Å². The van der Waals surface area contributed by atoms with E-state index in [-0.39, 0.29) is 11.7 Å². The van der Waals surface area contributed by atoms with Crippen LogP contribution in [0.3, 0.4) is 0 Å². The smallest absolute Gasteiger partial charge is 0.170 e. The van der Waals surface area contributed by atoms with Crippen LogP contribution in [0.25, 0.3) is 0 Å². The van der Waals surface area contributed by atoms with Crippen LogP contribution >= 0.6 is 0 Å². The fourth-order valence-electron chi connectivity index (χ4n) is 2.37. The van der Waals surface area contributed by atoms with Crippen LogP contribution in [0.4, 0.5) is 0 Å². The quantitative estimate of drug-likeness (QED) is 0.558. The van der Waals surface area contributed by atoms with E-state index in [2.05, 4.69) is 0 Å². The lowest BCUT2D eigenvalue weighted by atomic mass is 9.87. The molecule has 20 heavy (non-hydrogen) atoms. The van der Waals surface area contributed by atoms with Crippen molar-refractivity contribution in [3.05, 3.63) is 71.8 Å². The van der Waals surface area contributed by atoms with E-state index < -0.39 is 0 Å². The van der Waals surface area contributed by atoms with E-state index >= 15 is 0 Å². The molecule has 0 aromatic heterocycles. The maximum atomic E-state index is 12.7. The standard InChI is InChI=1S/C18H20O2/c1-20-14-8-13-17(15-9-4-2-5-10-15)18(19)16-11-6-3-7-12-16/h2-7,9-12,17H,8,13-14H2,1H3/t17-/m1/s1. The first-order valence-corrected chi connectivity index (χ1v) is 6.96. The summed E-state index contributed by atoms with van der Waals surface area (Å²) < 4.78 is 5.10. The van der Waals surface area contributed by atoms with Gasteiger partial charge in [-0.05, 0) is 18.4 Å². The van der Waals surface area contributed by atoms with Gasteiger partial charge in [-0.3, -0.25) is 4.79 Å². The van der Waals surface area contributed by atoms with E-state index in [0.29, 0.717) is 6.61 Å². The number of carbonyl (C=O) groups excluding carboxylic acids is 1. The van der Waals surface area contributed by atoms with Crippen LogP contribution < -0.4 is 0 Å². The summed E-state index contributed by atoms with van der Waals surface area (Å²) in [4.78, 5) is 12.7. The molecule has 2 nitrogen and oxygen atoms in total. The minimum absolute atomic E-state index is 0.0891. The Morgan fingerprint density at radius 1 is 1.00 bits per heavy atom. The molecule has 1 atom stereocenters. The second-order valence-electron chi connectivity index (χ2n) is 4.83. The summed E-state index contributed by atoms with van der Waals surface area (Å²) in [5, 5.41) is 0. The van der Waals surface area contributed by atoms with Crippen molar-refractivity contribution in [3.8, 4) is 0 Å². The van der Waals surface area contributed by atoms with Crippen LogP contribution in [0.15, 0.2) is 60.7 Å². The van der Waals surface area contributed by atoms with Crippen LogP contribution in [-0.4, -0.2) is 19.5 Å². The van der Waals surface area contributed by atoms with Gasteiger partial charge < -0.3 is 4.74 Å². The molecule has 2 aromatic rings. The number of carbonyl (C=O) groups is 1. The maximum Gasteiger partial charge on any atom is 0.170 e. The number of ketones is 1. The fourth-order valence-corrected chi connectivity index (χ4v) is 2.37. The molecule has 0 saturated heterocycles.